The van der Waals surface area contributed by atoms with Gasteiger partial charge in [0.15, 0.2) is 0 Å². The van der Waals surface area contributed by atoms with Gasteiger partial charge < -0.3 is 5.73 Å². The van der Waals surface area contributed by atoms with E-state index >= 15 is 0 Å². The summed E-state index contributed by atoms with van der Waals surface area (Å²) in [5.74, 6) is 0. The molecule has 2 N–H and O–H groups in total. The molecule has 1 aromatic carbocycles. The van der Waals surface area contributed by atoms with Gasteiger partial charge in [-0.05, 0) is 24.6 Å². The molecule has 76 valence electrons. The van der Waals surface area contributed by atoms with Crippen molar-refractivity contribution in [1.29, 1.82) is 0 Å². The van der Waals surface area contributed by atoms with Gasteiger partial charge in [-0.15, -0.1) is 0 Å². The third-order valence-electron chi connectivity index (χ3n) is 1.81. The van der Waals surface area contributed by atoms with Gasteiger partial charge in [-0.2, -0.15) is 0 Å². The molecule has 0 spiro atoms. The zero-order valence-corrected chi connectivity index (χ0v) is 7.79. The highest BCUT2D eigenvalue weighted by Gasteiger charge is 2.05. The van der Waals surface area contributed by atoms with Crippen molar-refractivity contribution in [2.24, 2.45) is 5.73 Å². The first-order valence-electron chi connectivity index (χ1n) is 4.48. The third-order valence-corrected chi connectivity index (χ3v) is 1.81. The van der Waals surface area contributed by atoms with Crippen LogP contribution in [-0.2, 0) is 0 Å². The molecular weight excluding hydrogens is 184 g/mol. The molecule has 0 radical (unpaired) electrons. The monoisotopic (exact) mass is 197 g/mol. The molecule has 0 amide bonds. The lowest BCUT2D eigenvalue weighted by Gasteiger charge is -2.00. The van der Waals surface area contributed by atoms with Crippen LogP contribution in [0.25, 0.3) is 6.08 Å². The normalized spacial score (nSPS) is 11.4. The van der Waals surface area contributed by atoms with Gasteiger partial charge in [0.1, 0.15) is 0 Å². The summed E-state index contributed by atoms with van der Waals surface area (Å²) in [4.78, 5) is 0. The molecule has 1 aromatic rings. The van der Waals surface area contributed by atoms with Crippen LogP contribution in [0.15, 0.2) is 30.3 Å². The van der Waals surface area contributed by atoms with E-state index in [4.69, 9.17) is 5.73 Å². The molecule has 0 atom stereocenters. The van der Waals surface area contributed by atoms with Crippen molar-refractivity contribution < 1.29 is 8.78 Å². The van der Waals surface area contributed by atoms with E-state index in [-0.39, 0.29) is 5.56 Å². The predicted molar refractivity (Wildman–Crippen MR) is 54.1 cm³/mol. The summed E-state index contributed by atoms with van der Waals surface area (Å²) < 4.78 is 24.6. The maximum atomic E-state index is 12.3. The molecule has 14 heavy (non-hydrogen) atoms. The molecule has 1 rings (SSSR count). The number of hydrogen-bond acceptors (Lipinski definition) is 1. The average Bonchev–Trinajstić information content (AvgIpc) is 2.19. The highest BCUT2D eigenvalue weighted by molar-refractivity contribution is 5.50. The first-order valence-corrected chi connectivity index (χ1v) is 4.48. The van der Waals surface area contributed by atoms with E-state index in [0.717, 1.165) is 12.0 Å². The number of benzene rings is 1. The summed E-state index contributed by atoms with van der Waals surface area (Å²) in [6.07, 6.45) is 2.04. The van der Waals surface area contributed by atoms with Crippen LogP contribution in [0.3, 0.4) is 0 Å². The Morgan fingerprint density at radius 3 is 2.79 bits per heavy atom. The molecular formula is C11H13F2N. The van der Waals surface area contributed by atoms with Crippen molar-refractivity contribution >= 4 is 6.08 Å². The molecule has 0 bridgehead atoms. The minimum atomic E-state index is -2.40. The van der Waals surface area contributed by atoms with E-state index in [1.807, 2.05) is 6.08 Å². The van der Waals surface area contributed by atoms with E-state index in [1.165, 1.54) is 12.1 Å². The van der Waals surface area contributed by atoms with Gasteiger partial charge in [0.2, 0.25) is 0 Å². The Kier molecular flexibility index (Phi) is 4.26. The van der Waals surface area contributed by atoms with Crippen LogP contribution in [0.4, 0.5) is 8.78 Å². The fourth-order valence-corrected chi connectivity index (χ4v) is 1.11. The fourth-order valence-electron chi connectivity index (χ4n) is 1.11. The van der Waals surface area contributed by atoms with E-state index in [1.54, 1.807) is 18.2 Å². The summed E-state index contributed by atoms with van der Waals surface area (Å²) >= 11 is 0. The van der Waals surface area contributed by atoms with Crippen molar-refractivity contribution in [1.82, 2.24) is 0 Å². The van der Waals surface area contributed by atoms with Crippen molar-refractivity contribution in [3.05, 3.63) is 41.5 Å². The standard InChI is InChI=1S/C11H13F2N/c12-11(13)10-6-3-5-9(8-10)4-1-2-7-14/h1,3-6,8,11H,2,7,14H2/b4-1+. The molecule has 0 aliphatic rings. The second kappa shape index (κ2) is 5.50. The Bertz CT molecular complexity index is 308. The Morgan fingerprint density at radius 2 is 2.14 bits per heavy atom. The number of halogens is 2. The van der Waals surface area contributed by atoms with Gasteiger partial charge in [0.25, 0.3) is 6.43 Å². The summed E-state index contributed by atoms with van der Waals surface area (Å²) in [7, 11) is 0. The highest BCUT2D eigenvalue weighted by Crippen LogP contribution is 2.19. The van der Waals surface area contributed by atoms with Crippen LogP contribution < -0.4 is 5.73 Å². The molecule has 0 fully saturated rings. The number of hydrogen-bond donors (Lipinski definition) is 1. The van der Waals surface area contributed by atoms with E-state index < -0.39 is 6.43 Å². The molecule has 3 heteroatoms. The molecule has 0 saturated carbocycles. The minimum Gasteiger partial charge on any atom is -0.330 e. The van der Waals surface area contributed by atoms with Crippen molar-refractivity contribution in [3.63, 3.8) is 0 Å². The zero-order chi connectivity index (χ0) is 10.4. The zero-order valence-electron chi connectivity index (χ0n) is 7.79. The first-order chi connectivity index (χ1) is 6.74. The predicted octanol–water partition coefficient (Wildman–Crippen LogP) is 2.99. The number of alkyl halides is 2. The third kappa shape index (κ3) is 3.26. The van der Waals surface area contributed by atoms with Crippen LogP contribution in [0.2, 0.25) is 0 Å². The summed E-state index contributed by atoms with van der Waals surface area (Å²) in [5, 5.41) is 0. The highest BCUT2D eigenvalue weighted by atomic mass is 19.3. The molecule has 0 saturated heterocycles. The average molecular weight is 197 g/mol. The Balaban J connectivity index is 2.73. The molecule has 1 nitrogen and oxygen atoms in total. The number of rotatable bonds is 4. The van der Waals surface area contributed by atoms with Crippen LogP contribution in [0.1, 0.15) is 24.0 Å². The van der Waals surface area contributed by atoms with Gasteiger partial charge in [0, 0.05) is 5.56 Å². The Labute approximate surface area is 82.2 Å². The lowest BCUT2D eigenvalue weighted by atomic mass is 10.1. The first kappa shape index (κ1) is 10.9. The Morgan fingerprint density at radius 1 is 1.36 bits per heavy atom. The van der Waals surface area contributed by atoms with Crippen LogP contribution in [0, 0.1) is 0 Å². The molecule has 0 aliphatic heterocycles. The lowest BCUT2D eigenvalue weighted by molar-refractivity contribution is 0.151. The summed E-state index contributed by atoms with van der Waals surface area (Å²) in [5.41, 5.74) is 6.14. The topological polar surface area (TPSA) is 26.0 Å². The van der Waals surface area contributed by atoms with Crippen LogP contribution >= 0.6 is 0 Å². The van der Waals surface area contributed by atoms with Gasteiger partial charge in [0.05, 0.1) is 0 Å². The van der Waals surface area contributed by atoms with Gasteiger partial charge in [-0.25, -0.2) is 8.78 Å². The lowest BCUT2D eigenvalue weighted by Crippen LogP contribution is -1.95. The summed E-state index contributed by atoms with van der Waals surface area (Å²) in [6.45, 7) is 0.574. The van der Waals surface area contributed by atoms with Gasteiger partial charge in [-0.3, -0.25) is 0 Å². The Hall–Kier alpha value is -1.22. The maximum Gasteiger partial charge on any atom is 0.263 e. The smallest absolute Gasteiger partial charge is 0.263 e. The number of nitrogens with two attached hydrogens (primary N) is 1. The molecule has 0 aliphatic carbocycles. The van der Waals surface area contributed by atoms with Crippen molar-refractivity contribution in [2.45, 2.75) is 12.8 Å². The van der Waals surface area contributed by atoms with Crippen LogP contribution in [0.5, 0.6) is 0 Å². The van der Waals surface area contributed by atoms with E-state index in [2.05, 4.69) is 0 Å². The van der Waals surface area contributed by atoms with Gasteiger partial charge in [-0.1, -0.05) is 30.4 Å². The maximum absolute atomic E-state index is 12.3. The van der Waals surface area contributed by atoms with Gasteiger partial charge >= 0.3 is 0 Å². The second-order valence-corrected chi connectivity index (χ2v) is 2.95. The quantitative estimate of drug-likeness (QED) is 0.788. The van der Waals surface area contributed by atoms with Crippen molar-refractivity contribution in [3.8, 4) is 0 Å². The molecule has 0 unspecified atom stereocenters. The minimum absolute atomic E-state index is 0.0555. The molecule has 0 aromatic heterocycles. The molecule has 0 heterocycles. The fraction of sp³-hybridized carbons (Fsp3) is 0.273. The van der Waals surface area contributed by atoms with E-state index in [9.17, 15) is 8.78 Å². The summed E-state index contributed by atoms with van der Waals surface area (Å²) in [6, 6.07) is 6.32. The van der Waals surface area contributed by atoms with E-state index in [0.29, 0.717) is 6.54 Å². The van der Waals surface area contributed by atoms with Crippen LogP contribution in [-0.4, -0.2) is 6.54 Å². The second-order valence-electron chi connectivity index (χ2n) is 2.95. The largest absolute Gasteiger partial charge is 0.330 e. The van der Waals surface area contributed by atoms with Crippen molar-refractivity contribution in [2.75, 3.05) is 6.54 Å². The SMILES string of the molecule is NCC/C=C/c1cccc(C(F)F)c1.